The molecular weight excluding hydrogens is 404 g/mol. The van der Waals surface area contributed by atoms with E-state index in [0.717, 1.165) is 16.3 Å². The van der Waals surface area contributed by atoms with Crippen LogP contribution in [0, 0.1) is 6.92 Å². The molecule has 4 aromatic rings. The number of carbonyl (C=O) groups is 1. The Kier molecular flexibility index (Phi) is 5.97. The Morgan fingerprint density at radius 1 is 1.10 bits per heavy atom. The molecule has 0 atom stereocenters. The van der Waals surface area contributed by atoms with Gasteiger partial charge in [0.1, 0.15) is 11.3 Å². The van der Waals surface area contributed by atoms with Crippen LogP contribution in [0.3, 0.4) is 0 Å². The van der Waals surface area contributed by atoms with Gasteiger partial charge in [0.25, 0.3) is 5.91 Å². The normalized spacial score (nSPS) is 10.8. The van der Waals surface area contributed by atoms with Crippen molar-refractivity contribution in [2.45, 2.75) is 24.4 Å². The molecule has 29 heavy (non-hydrogen) atoms. The first-order valence-corrected chi connectivity index (χ1v) is 10.7. The average molecular weight is 423 g/mol. The summed E-state index contributed by atoms with van der Waals surface area (Å²) in [5.41, 5.74) is 3.19. The number of hydrogen-bond donors (Lipinski definition) is 1. The third-order valence-electron chi connectivity index (χ3n) is 4.05. The van der Waals surface area contributed by atoms with Crippen LogP contribution in [0.25, 0.3) is 5.69 Å². The molecule has 2 aromatic heterocycles. The van der Waals surface area contributed by atoms with Gasteiger partial charge in [0.05, 0.1) is 11.4 Å². The Morgan fingerprint density at radius 2 is 1.90 bits per heavy atom. The molecule has 1 amide bonds. The van der Waals surface area contributed by atoms with Crippen LogP contribution >= 0.6 is 23.1 Å². The van der Waals surface area contributed by atoms with Gasteiger partial charge in [-0.25, -0.2) is 9.67 Å². The van der Waals surface area contributed by atoms with E-state index in [1.807, 2.05) is 61.5 Å². The number of nitrogens with one attached hydrogen (secondary N) is 1. The highest BCUT2D eigenvalue weighted by Gasteiger charge is 2.13. The Morgan fingerprint density at radius 3 is 2.69 bits per heavy atom. The van der Waals surface area contributed by atoms with E-state index in [2.05, 4.69) is 25.6 Å². The molecule has 0 aliphatic carbocycles. The minimum absolute atomic E-state index is 0.217. The van der Waals surface area contributed by atoms with Gasteiger partial charge in [-0.2, -0.15) is 0 Å². The van der Waals surface area contributed by atoms with Crippen LogP contribution in [0.5, 0.6) is 0 Å². The highest BCUT2D eigenvalue weighted by atomic mass is 32.2. The van der Waals surface area contributed by atoms with Crippen molar-refractivity contribution in [1.82, 2.24) is 30.3 Å². The molecule has 146 valence electrons. The van der Waals surface area contributed by atoms with E-state index in [0.29, 0.717) is 22.5 Å². The van der Waals surface area contributed by atoms with Crippen molar-refractivity contribution in [3.05, 3.63) is 82.1 Å². The lowest BCUT2D eigenvalue weighted by molar-refractivity contribution is 0.0950. The lowest BCUT2D eigenvalue weighted by Crippen LogP contribution is -2.22. The van der Waals surface area contributed by atoms with E-state index in [9.17, 15) is 4.79 Å². The fraction of sp³-hybridized carbons (Fsp3) is 0.150. The summed E-state index contributed by atoms with van der Waals surface area (Å²) in [6.07, 6.45) is 1.68. The number of thioether (sulfide) groups is 1. The molecule has 2 aromatic carbocycles. The molecule has 2 heterocycles. The van der Waals surface area contributed by atoms with E-state index >= 15 is 0 Å². The first kappa shape index (κ1) is 19.3. The Hall–Kier alpha value is -3.04. The predicted octanol–water partition coefficient (Wildman–Crippen LogP) is 3.65. The van der Waals surface area contributed by atoms with Crippen LogP contribution in [0.15, 0.2) is 66.1 Å². The van der Waals surface area contributed by atoms with Gasteiger partial charge in [-0.15, -0.1) is 15.3 Å². The highest BCUT2D eigenvalue weighted by molar-refractivity contribution is 7.98. The number of rotatable bonds is 7. The summed E-state index contributed by atoms with van der Waals surface area (Å²) >= 11 is 2.74. The van der Waals surface area contributed by atoms with Gasteiger partial charge < -0.3 is 5.32 Å². The fourth-order valence-corrected chi connectivity index (χ4v) is 4.05. The Bertz CT molecular complexity index is 1090. The Labute approximate surface area is 176 Å². The number of aryl methyl sites for hydroxylation is 1. The molecule has 0 spiro atoms. The van der Waals surface area contributed by atoms with E-state index in [1.165, 1.54) is 28.7 Å². The van der Waals surface area contributed by atoms with Crippen LogP contribution in [-0.4, -0.2) is 30.9 Å². The largest absolute Gasteiger partial charge is 0.346 e. The topological polar surface area (TPSA) is 85.6 Å². The summed E-state index contributed by atoms with van der Waals surface area (Å²) in [5.74, 6) is 0.340. The molecule has 0 saturated heterocycles. The maximum atomic E-state index is 12.3. The minimum Gasteiger partial charge on any atom is -0.346 e. The first-order chi connectivity index (χ1) is 14.2. The van der Waals surface area contributed by atoms with Crippen molar-refractivity contribution in [2.75, 3.05) is 0 Å². The number of carbonyl (C=O) groups excluding carboxylic acids is 1. The van der Waals surface area contributed by atoms with Gasteiger partial charge in [0, 0.05) is 6.54 Å². The summed E-state index contributed by atoms with van der Waals surface area (Å²) in [4.78, 5) is 16.6. The fourth-order valence-electron chi connectivity index (χ4n) is 2.51. The Balaban J connectivity index is 1.30. The molecule has 0 bridgehead atoms. The van der Waals surface area contributed by atoms with Gasteiger partial charge in [-0.3, -0.25) is 4.79 Å². The van der Waals surface area contributed by atoms with Gasteiger partial charge >= 0.3 is 0 Å². The van der Waals surface area contributed by atoms with Crippen LogP contribution < -0.4 is 5.32 Å². The van der Waals surface area contributed by atoms with E-state index in [-0.39, 0.29) is 5.91 Å². The maximum Gasteiger partial charge on any atom is 0.282 e. The van der Waals surface area contributed by atoms with Crippen molar-refractivity contribution in [3.8, 4) is 5.69 Å². The molecular formula is C20H18N6OS2. The molecule has 4 rings (SSSR count). The van der Waals surface area contributed by atoms with E-state index in [4.69, 9.17) is 0 Å². The molecule has 0 saturated carbocycles. The van der Waals surface area contributed by atoms with Crippen molar-refractivity contribution < 1.29 is 4.79 Å². The molecule has 0 radical (unpaired) electrons. The zero-order valence-corrected chi connectivity index (χ0v) is 17.3. The number of aromatic nitrogens is 5. The van der Waals surface area contributed by atoms with E-state index in [1.54, 1.807) is 11.0 Å². The first-order valence-electron chi connectivity index (χ1n) is 8.93. The molecule has 0 aliphatic heterocycles. The van der Waals surface area contributed by atoms with Gasteiger partial charge in [0.15, 0.2) is 0 Å². The lowest BCUT2D eigenvalue weighted by atomic mass is 10.1. The molecule has 0 unspecified atom stereocenters. The van der Waals surface area contributed by atoms with E-state index < -0.39 is 0 Å². The predicted molar refractivity (Wildman–Crippen MR) is 113 cm³/mol. The molecule has 9 heteroatoms. The second-order valence-corrected chi connectivity index (χ2v) is 8.27. The number of hydrogen-bond acceptors (Lipinski definition) is 7. The molecule has 1 N–H and O–H groups in total. The summed E-state index contributed by atoms with van der Waals surface area (Å²) in [5, 5.41) is 17.2. The zero-order chi connectivity index (χ0) is 20.1. The summed E-state index contributed by atoms with van der Waals surface area (Å²) < 4.78 is 1.73. The monoisotopic (exact) mass is 422 g/mol. The second-order valence-electron chi connectivity index (χ2n) is 6.27. The molecule has 7 nitrogen and oxygen atoms in total. The van der Waals surface area contributed by atoms with Crippen LogP contribution in [0.1, 0.15) is 25.9 Å². The van der Waals surface area contributed by atoms with Crippen molar-refractivity contribution in [1.29, 1.82) is 0 Å². The number of nitrogens with zero attached hydrogens (tertiary/aromatic N) is 5. The van der Waals surface area contributed by atoms with Gasteiger partial charge in [0.2, 0.25) is 10.2 Å². The summed E-state index contributed by atoms with van der Waals surface area (Å²) in [6.45, 7) is 2.49. The minimum atomic E-state index is -0.217. The number of benzene rings is 2. The smallest absolute Gasteiger partial charge is 0.282 e. The third-order valence-corrected chi connectivity index (χ3v) is 6.02. The number of amides is 1. The SMILES string of the molecule is Cc1ccc(CNC(=O)c2nnc(CSc3ncn(-c4ccccc4)n3)s2)cc1. The van der Waals surface area contributed by atoms with Crippen LogP contribution in [-0.2, 0) is 12.3 Å². The van der Waals surface area contributed by atoms with Crippen molar-refractivity contribution in [3.63, 3.8) is 0 Å². The molecule has 0 fully saturated rings. The summed E-state index contributed by atoms with van der Waals surface area (Å²) in [6, 6.07) is 17.8. The zero-order valence-electron chi connectivity index (χ0n) is 15.6. The highest BCUT2D eigenvalue weighted by Crippen LogP contribution is 2.22. The van der Waals surface area contributed by atoms with Crippen LogP contribution in [0.4, 0.5) is 0 Å². The van der Waals surface area contributed by atoms with Crippen molar-refractivity contribution in [2.24, 2.45) is 0 Å². The average Bonchev–Trinajstić information content (AvgIpc) is 3.42. The lowest BCUT2D eigenvalue weighted by Gasteiger charge is -2.03. The molecule has 0 aliphatic rings. The van der Waals surface area contributed by atoms with Crippen LogP contribution in [0.2, 0.25) is 0 Å². The second kappa shape index (κ2) is 8.97. The third kappa shape index (κ3) is 5.07. The summed E-state index contributed by atoms with van der Waals surface area (Å²) in [7, 11) is 0. The maximum absolute atomic E-state index is 12.3. The quantitative estimate of drug-likeness (QED) is 0.458. The number of para-hydroxylation sites is 1. The van der Waals surface area contributed by atoms with Crippen molar-refractivity contribution >= 4 is 29.0 Å². The van der Waals surface area contributed by atoms with Gasteiger partial charge in [-0.1, -0.05) is 71.1 Å². The standard InChI is InChI=1S/C20H18N6OS2/c1-14-7-9-15(10-8-14)11-21-18(27)19-24-23-17(29-19)12-28-20-22-13-26(25-20)16-5-3-2-4-6-16/h2-10,13H,11-12H2,1H3,(H,21,27). The van der Waals surface area contributed by atoms with Gasteiger partial charge in [-0.05, 0) is 24.6 Å².